The molecule has 5 nitrogen and oxygen atoms in total. The molecule has 0 radical (unpaired) electrons. The number of aliphatic carboxylic acids is 1. The maximum Gasteiger partial charge on any atom is 0.322 e. The summed E-state index contributed by atoms with van der Waals surface area (Å²) in [6.07, 6.45) is 2.84. The van der Waals surface area contributed by atoms with Gasteiger partial charge in [0.1, 0.15) is 12.4 Å². The molecule has 0 spiro atoms. The molecular formula is C8H13N3O2. The molecule has 0 saturated heterocycles. The Hall–Kier alpha value is -1.52. The maximum atomic E-state index is 10.2. The number of carbonyl (C=O) groups is 1. The number of anilines is 1. The summed E-state index contributed by atoms with van der Waals surface area (Å²) >= 11 is 0. The van der Waals surface area contributed by atoms with Crippen molar-refractivity contribution in [2.75, 3.05) is 11.9 Å². The monoisotopic (exact) mass is 183 g/mol. The third kappa shape index (κ3) is 3.14. The molecule has 0 aromatic carbocycles. The van der Waals surface area contributed by atoms with E-state index in [4.69, 9.17) is 5.11 Å². The van der Waals surface area contributed by atoms with Crippen molar-refractivity contribution in [1.82, 2.24) is 9.78 Å². The standard InChI is InChI=1S/C8H13N3O2/c1-2-4-11-5-3-7(10-11)9-6-8(12)13/h3,5H,2,4,6H2,1H3,(H,9,10)(H,12,13). The van der Waals surface area contributed by atoms with Gasteiger partial charge in [0.25, 0.3) is 0 Å². The topological polar surface area (TPSA) is 67.2 Å². The highest BCUT2D eigenvalue weighted by Crippen LogP contribution is 2.01. The van der Waals surface area contributed by atoms with Crippen molar-refractivity contribution in [1.29, 1.82) is 0 Å². The van der Waals surface area contributed by atoms with E-state index in [-0.39, 0.29) is 6.54 Å². The summed E-state index contributed by atoms with van der Waals surface area (Å²) in [6.45, 7) is 2.82. The molecule has 0 aliphatic heterocycles. The van der Waals surface area contributed by atoms with Gasteiger partial charge in [-0.05, 0) is 6.42 Å². The minimum absolute atomic E-state index is 0.0941. The van der Waals surface area contributed by atoms with Crippen LogP contribution >= 0.6 is 0 Å². The minimum atomic E-state index is -0.884. The van der Waals surface area contributed by atoms with Crippen LogP contribution in [0.1, 0.15) is 13.3 Å². The fraction of sp³-hybridized carbons (Fsp3) is 0.500. The SMILES string of the molecule is CCCn1ccc(NCC(=O)O)n1. The van der Waals surface area contributed by atoms with Gasteiger partial charge < -0.3 is 10.4 Å². The summed E-state index contributed by atoms with van der Waals surface area (Å²) in [5.74, 6) is -0.277. The van der Waals surface area contributed by atoms with Crippen molar-refractivity contribution in [2.24, 2.45) is 0 Å². The van der Waals surface area contributed by atoms with Gasteiger partial charge in [0, 0.05) is 18.8 Å². The largest absolute Gasteiger partial charge is 0.480 e. The average molecular weight is 183 g/mol. The van der Waals surface area contributed by atoms with E-state index in [0.717, 1.165) is 13.0 Å². The molecule has 5 heteroatoms. The number of carboxylic acids is 1. The third-order valence-electron chi connectivity index (χ3n) is 1.51. The lowest BCUT2D eigenvalue weighted by Crippen LogP contribution is -2.12. The number of nitrogens with zero attached hydrogens (tertiary/aromatic N) is 2. The van der Waals surface area contributed by atoms with Crippen molar-refractivity contribution < 1.29 is 9.90 Å². The quantitative estimate of drug-likeness (QED) is 0.708. The van der Waals surface area contributed by atoms with E-state index in [9.17, 15) is 4.79 Å². The van der Waals surface area contributed by atoms with Crippen molar-refractivity contribution in [3.8, 4) is 0 Å². The van der Waals surface area contributed by atoms with Crippen molar-refractivity contribution in [2.45, 2.75) is 19.9 Å². The Kier molecular flexibility index (Phi) is 3.31. The van der Waals surface area contributed by atoms with E-state index in [1.54, 1.807) is 10.7 Å². The van der Waals surface area contributed by atoms with Crippen LogP contribution in [0.25, 0.3) is 0 Å². The van der Waals surface area contributed by atoms with E-state index in [1.807, 2.05) is 6.20 Å². The molecule has 0 bridgehead atoms. The van der Waals surface area contributed by atoms with Crippen LogP contribution in [0.5, 0.6) is 0 Å². The summed E-state index contributed by atoms with van der Waals surface area (Å²) in [4.78, 5) is 10.2. The molecule has 0 aliphatic carbocycles. The fourth-order valence-corrected chi connectivity index (χ4v) is 0.976. The van der Waals surface area contributed by atoms with Gasteiger partial charge in [-0.1, -0.05) is 6.92 Å². The maximum absolute atomic E-state index is 10.2. The Morgan fingerprint density at radius 2 is 2.54 bits per heavy atom. The number of aromatic nitrogens is 2. The lowest BCUT2D eigenvalue weighted by Gasteiger charge is -1.98. The zero-order valence-electron chi connectivity index (χ0n) is 7.53. The van der Waals surface area contributed by atoms with E-state index in [1.165, 1.54) is 0 Å². The second-order valence-electron chi connectivity index (χ2n) is 2.71. The second-order valence-corrected chi connectivity index (χ2v) is 2.71. The van der Waals surface area contributed by atoms with Gasteiger partial charge in [-0.15, -0.1) is 0 Å². The normalized spacial score (nSPS) is 9.92. The summed E-state index contributed by atoms with van der Waals surface area (Å²) in [6, 6.07) is 1.76. The number of rotatable bonds is 5. The molecule has 2 N–H and O–H groups in total. The van der Waals surface area contributed by atoms with Crippen LogP contribution < -0.4 is 5.32 Å². The molecule has 1 heterocycles. The molecular weight excluding hydrogens is 170 g/mol. The predicted molar refractivity (Wildman–Crippen MR) is 48.6 cm³/mol. The van der Waals surface area contributed by atoms with Gasteiger partial charge in [-0.2, -0.15) is 5.10 Å². The van der Waals surface area contributed by atoms with Crippen LogP contribution in [0.15, 0.2) is 12.3 Å². The van der Waals surface area contributed by atoms with E-state index in [2.05, 4.69) is 17.3 Å². The fourth-order valence-electron chi connectivity index (χ4n) is 0.976. The number of carboxylic acid groups (broad SMARTS) is 1. The van der Waals surface area contributed by atoms with Crippen LogP contribution in [0.4, 0.5) is 5.82 Å². The molecule has 0 saturated carbocycles. The number of aryl methyl sites for hydroxylation is 1. The first-order chi connectivity index (χ1) is 6.22. The van der Waals surface area contributed by atoms with Gasteiger partial charge in [0.15, 0.2) is 0 Å². The highest BCUT2D eigenvalue weighted by Gasteiger charge is 1.99. The number of hydrogen-bond acceptors (Lipinski definition) is 3. The Morgan fingerprint density at radius 3 is 3.15 bits per heavy atom. The lowest BCUT2D eigenvalue weighted by molar-refractivity contribution is -0.134. The molecule has 0 amide bonds. The number of hydrogen-bond donors (Lipinski definition) is 2. The first-order valence-corrected chi connectivity index (χ1v) is 4.21. The van der Waals surface area contributed by atoms with Crippen LogP contribution in [-0.2, 0) is 11.3 Å². The van der Waals surface area contributed by atoms with Gasteiger partial charge in [-0.25, -0.2) is 0 Å². The third-order valence-corrected chi connectivity index (χ3v) is 1.51. The molecule has 1 aromatic rings. The molecule has 72 valence electrons. The smallest absolute Gasteiger partial charge is 0.322 e. The highest BCUT2D eigenvalue weighted by atomic mass is 16.4. The van der Waals surface area contributed by atoms with Crippen molar-refractivity contribution >= 4 is 11.8 Å². The first kappa shape index (κ1) is 9.57. The summed E-state index contributed by atoms with van der Waals surface area (Å²) in [5, 5.41) is 15.2. The van der Waals surface area contributed by atoms with E-state index >= 15 is 0 Å². The van der Waals surface area contributed by atoms with Crippen molar-refractivity contribution in [3.05, 3.63) is 12.3 Å². The number of nitrogens with one attached hydrogen (secondary N) is 1. The van der Waals surface area contributed by atoms with Crippen molar-refractivity contribution in [3.63, 3.8) is 0 Å². The Morgan fingerprint density at radius 1 is 1.77 bits per heavy atom. The molecule has 0 aliphatic rings. The Balaban J connectivity index is 2.44. The summed E-state index contributed by atoms with van der Waals surface area (Å²) in [7, 11) is 0. The molecule has 0 unspecified atom stereocenters. The predicted octanol–water partition coefficient (Wildman–Crippen LogP) is 0.790. The molecule has 0 fully saturated rings. The summed E-state index contributed by atoms with van der Waals surface area (Å²) < 4.78 is 1.78. The molecule has 0 atom stereocenters. The van der Waals surface area contributed by atoms with Crippen LogP contribution in [0.3, 0.4) is 0 Å². The van der Waals surface area contributed by atoms with E-state index < -0.39 is 5.97 Å². The molecule has 13 heavy (non-hydrogen) atoms. The van der Waals surface area contributed by atoms with E-state index in [0.29, 0.717) is 5.82 Å². The van der Waals surface area contributed by atoms with Gasteiger partial charge in [0.05, 0.1) is 0 Å². The van der Waals surface area contributed by atoms with Crippen LogP contribution in [-0.4, -0.2) is 27.4 Å². The zero-order valence-corrected chi connectivity index (χ0v) is 7.53. The Bertz CT molecular complexity index is 283. The highest BCUT2D eigenvalue weighted by molar-refractivity contribution is 5.72. The average Bonchev–Trinajstić information content (AvgIpc) is 2.50. The van der Waals surface area contributed by atoms with Crippen LogP contribution in [0.2, 0.25) is 0 Å². The van der Waals surface area contributed by atoms with Gasteiger partial charge in [-0.3, -0.25) is 9.48 Å². The zero-order chi connectivity index (χ0) is 9.68. The van der Waals surface area contributed by atoms with Crippen LogP contribution in [0, 0.1) is 0 Å². The minimum Gasteiger partial charge on any atom is -0.480 e. The second kappa shape index (κ2) is 4.49. The first-order valence-electron chi connectivity index (χ1n) is 4.21. The Labute approximate surface area is 76.4 Å². The molecule has 1 aromatic heterocycles. The van der Waals surface area contributed by atoms with Gasteiger partial charge in [0.2, 0.25) is 0 Å². The summed E-state index contributed by atoms with van der Waals surface area (Å²) in [5.41, 5.74) is 0. The lowest BCUT2D eigenvalue weighted by atomic mass is 10.5. The van der Waals surface area contributed by atoms with Gasteiger partial charge >= 0.3 is 5.97 Å². The molecule has 1 rings (SSSR count).